The van der Waals surface area contributed by atoms with Crippen LogP contribution in [0.1, 0.15) is 54.9 Å². The molecule has 0 aliphatic heterocycles. The molecule has 1 aliphatic rings. The Kier molecular flexibility index (Phi) is 4.36. The van der Waals surface area contributed by atoms with Gasteiger partial charge in [0.1, 0.15) is 5.69 Å². The van der Waals surface area contributed by atoms with E-state index < -0.39 is 0 Å². The van der Waals surface area contributed by atoms with Gasteiger partial charge in [-0.25, -0.2) is 0 Å². The summed E-state index contributed by atoms with van der Waals surface area (Å²) in [6, 6.07) is 4.47. The number of nitrogens with zero attached hydrogens (tertiary/aromatic N) is 2. The molecule has 0 unspecified atom stereocenters. The van der Waals surface area contributed by atoms with Crippen molar-refractivity contribution in [3.8, 4) is 10.6 Å². The van der Waals surface area contributed by atoms with Crippen LogP contribution in [0, 0.1) is 0 Å². The highest BCUT2D eigenvalue weighted by Crippen LogP contribution is 2.34. The average molecular weight is 353 g/mol. The normalized spacial score (nSPS) is 17.1. The zero-order valence-electron chi connectivity index (χ0n) is 11.2. The number of aromatic nitrogens is 2. The van der Waals surface area contributed by atoms with E-state index in [0.29, 0.717) is 11.6 Å². The van der Waals surface area contributed by atoms with Crippen LogP contribution in [0.25, 0.3) is 10.6 Å². The number of hydrogen-bond donors (Lipinski definition) is 0. The van der Waals surface area contributed by atoms with E-state index in [-0.39, 0.29) is 0 Å². The Balaban J connectivity index is 1.93. The average Bonchev–Trinajstić information content (AvgIpc) is 2.97. The third-order valence-electron chi connectivity index (χ3n) is 3.89. The molecule has 0 amide bonds. The molecule has 2 heterocycles. The monoisotopic (exact) mass is 352 g/mol. The molecule has 3 nitrogen and oxygen atoms in total. The van der Waals surface area contributed by atoms with Crippen molar-refractivity contribution < 1.29 is 4.79 Å². The van der Waals surface area contributed by atoms with E-state index in [1.54, 1.807) is 11.3 Å². The van der Waals surface area contributed by atoms with Crippen LogP contribution in [0.4, 0.5) is 0 Å². The van der Waals surface area contributed by atoms with E-state index >= 15 is 0 Å². The number of thiophene rings is 1. The lowest BCUT2D eigenvalue weighted by atomic mass is 10.1. The number of halogens is 1. The minimum atomic E-state index is 0.452. The van der Waals surface area contributed by atoms with Gasteiger partial charge in [-0.05, 0) is 40.9 Å². The SMILES string of the molecule is O=Cc1cn(C2CCCCCC2)nc1-c1ccc(Br)s1. The molecule has 3 rings (SSSR count). The van der Waals surface area contributed by atoms with Crippen molar-refractivity contribution in [1.82, 2.24) is 9.78 Å². The van der Waals surface area contributed by atoms with Gasteiger partial charge in [-0.1, -0.05) is 25.7 Å². The van der Waals surface area contributed by atoms with Gasteiger partial charge < -0.3 is 0 Å². The van der Waals surface area contributed by atoms with Crippen molar-refractivity contribution in [3.05, 3.63) is 27.7 Å². The summed E-state index contributed by atoms with van der Waals surface area (Å²) in [5, 5.41) is 4.70. The van der Waals surface area contributed by atoms with E-state index in [2.05, 4.69) is 15.9 Å². The van der Waals surface area contributed by atoms with Gasteiger partial charge in [0.2, 0.25) is 0 Å². The van der Waals surface area contributed by atoms with Crippen molar-refractivity contribution in [2.75, 3.05) is 0 Å². The lowest BCUT2D eigenvalue weighted by molar-refractivity contribution is 0.112. The van der Waals surface area contributed by atoms with Crippen LogP contribution in [0.3, 0.4) is 0 Å². The number of carbonyl (C=O) groups is 1. The van der Waals surface area contributed by atoms with E-state index in [0.717, 1.165) is 20.6 Å². The van der Waals surface area contributed by atoms with Gasteiger partial charge in [-0.3, -0.25) is 9.48 Å². The third kappa shape index (κ3) is 2.88. The second kappa shape index (κ2) is 6.22. The molecule has 0 saturated heterocycles. The second-order valence-electron chi connectivity index (χ2n) is 5.28. The summed E-state index contributed by atoms with van der Waals surface area (Å²) in [5.74, 6) is 0. The van der Waals surface area contributed by atoms with E-state index in [1.165, 1.54) is 38.5 Å². The Morgan fingerprint density at radius 2 is 2.00 bits per heavy atom. The minimum Gasteiger partial charge on any atom is -0.298 e. The molecule has 0 N–H and O–H groups in total. The highest BCUT2D eigenvalue weighted by Gasteiger charge is 2.19. The maximum atomic E-state index is 11.3. The standard InChI is InChI=1S/C15H17BrN2OS/c16-14-8-7-13(20-14)15-11(10-19)9-18(17-15)12-5-3-1-2-4-6-12/h7-10,12H,1-6H2. The summed E-state index contributed by atoms with van der Waals surface area (Å²) >= 11 is 5.08. The summed E-state index contributed by atoms with van der Waals surface area (Å²) in [5.41, 5.74) is 1.52. The van der Waals surface area contributed by atoms with Crippen LogP contribution < -0.4 is 0 Å². The van der Waals surface area contributed by atoms with Gasteiger partial charge in [0.05, 0.1) is 20.3 Å². The zero-order valence-corrected chi connectivity index (χ0v) is 13.6. The fraction of sp³-hybridized carbons (Fsp3) is 0.467. The first-order valence-electron chi connectivity index (χ1n) is 7.08. The predicted octanol–water partition coefficient (Wildman–Crippen LogP) is 5.08. The number of hydrogen-bond acceptors (Lipinski definition) is 3. The summed E-state index contributed by atoms with van der Waals surface area (Å²) in [4.78, 5) is 12.4. The summed E-state index contributed by atoms with van der Waals surface area (Å²) in [6.07, 6.45) is 10.4. The van der Waals surface area contributed by atoms with Crippen LogP contribution in [0.15, 0.2) is 22.1 Å². The van der Waals surface area contributed by atoms with Crippen molar-refractivity contribution in [1.29, 1.82) is 0 Å². The summed E-state index contributed by atoms with van der Waals surface area (Å²) < 4.78 is 3.09. The first-order chi connectivity index (χ1) is 9.78. The number of rotatable bonds is 3. The highest BCUT2D eigenvalue weighted by atomic mass is 79.9. The Morgan fingerprint density at radius 3 is 2.60 bits per heavy atom. The summed E-state index contributed by atoms with van der Waals surface area (Å²) in [6.45, 7) is 0. The van der Waals surface area contributed by atoms with Crippen LogP contribution in [-0.2, 0) is 0 Å². The fourth-order valence-corrected chi connectivity index (χ4v) is 4.23. The molecule has 1 fully saturated rings. The van der Waals surface area contributed by atoms with Crippen molar-refractivity contribution in [3.63, 3.8) is 0 Å². The van der Waals surface area contributed by atoms with Gasteiger partial charge in [0.15, 0.2) is 6.29 Å². The minimum absolute atomic E-state index is 0.452. The Morgan fingerprint density at radius 1 is 1.25 bits per heavy atom. The van der Waals surface area contributed by atoms with Gasteiger partial charge in [0.25, 0.3) is 0 Å². The lowest BCUT2D eigenvalue weighted by Crippen LogP contribution is -2.08. The molecule has 0 radical (unpaired) electrons. The number of carbonyl (C=O) groups excluding carboxylic acids is 1. The van der Waals surface area contributed by atoms with Crippen molar-refractivity contribution in [2.24, 2.45) is 0 Å². The second-order valence-corrected chi connectivity index (χ2v) is 7.74. The quantitative estimate of drug-likeness (QED) is 0.570. The molecule has 1 aliphatic carbocycles. The molecular weight excluding hydrogens is 336 g/mol. The predicted molar refractivity (Wildman–Crippen MR) is 85.4 cm³/mol. The molecule has 5 heteroatoms. The topological polar surface area (TPSA) is 34.9 Å². The zero-order chi connectivity index (χ0) is 13.9. The maximum absolute atomic E-state index is 11.3. The maximum Gasteiger partial charge on any atom is 0.153 e. The van der Waals surface area contributed by atoms with Crippen LogP contribution in [0.2, 0.25) is 0 Å². The molecule has 0 atom stereocenters. The largest absolute Gasteiger partial charge is 0.298 e. The highest BCUT2D eigenvalue weighted by molar-refractivity contribution is 9.11. The molecule has 20 heavy (non-hydrogen) atoms. The first-order valence-corrected chi connectivity index (χ1v) is 8.69. The van der Waals surface area contributed by atoms with Gasteiger partial charge in [0, 0.05) is 6.20 Å². The fourth-order valence-electron chi connectivity index (χ4n) is 2.83. The molecule has 0 bridgehead atoms. The smallest absolute Gasteiger partial charge is 0.153 e. The number of aldehydes is 1. The van der Waals surface area contributed by atoms with Crippen molar-refractivity contribution in [2.45, 2.75) is 44.6 Å². The van der Waals surface area contributed by atoms with Gasteiger partial charge in [-0.2, -0.15) is 5.10 Å². The van der Waals surface area contributed by atoms with Crippen molar-refractivity contribution >= 4 is 33.6 Å². The molecule has 1 saturated carbocycles. The van der Waals surface area contributed by atoms with Gasteiger partial charge in [-0.15, -0.1) is 11.3 Å². The molecule has 2 aromatic rings. The van der Waals surface area contributed by atoms with Crippen LogP contribution >= 0.6 is 27.3 Å². The molecule has 0 spiro atoms. The summed E-state index contributed by atoms with van der Waals surface area (Å²) in [7, 11) is 0. The van der Waals surface area contributed by atoms with E-state index in [9.17, 15) is 4.79 Å². The Bertz CT molecular complexity index is 597. The Labute approximate surface area is 131 Å². The first kappa shape index (κ1) is 14.0. The van der Waals surface area contributed by atoms with E-state index in [4.69, 9.17) is 5.10 Å². The van der Waals surface area contributed by atoms with Crippen LogP contribution in [-0.4, -0.2) is 16.1 Å². The molecular formula is C15H17BrN2OS. The molecule has 2 aromatic heterocycles. The van der Waals surface area contributed by atoms with E-state index in [1.807, 2.05) is 23.0 Å². The Hall–Kier alpha value is -0.940. The third-order valence-corrected chi connectivity index (χ3v) is 5.52. The molecule has 0 aromatic carbocycles. The van der Waals surface area contributed by atoms with Crippen LogP contribution in [0.5, 0.6) is 0 Å². The molecule has 106 valence electrons. The van der Waals surface area contributed by atoms with Gasteiger partial charge >= 0.3 is 0 Å². The lowest BCUT2D eigenvalue weighted by Gasteiger charge is -2.14.